The number of hydrogen-bond donors (Lipinski definition) is 3. The lowest BCUT2D eigenvalue weighted by Gasteiger charge is -2.13. The van der Waals surface area contributed by atoms with Crippen molar-refractivity contribution in [2.75, 3.05) is 18.4 Å². The topological polar surface area (TPSA) is 83.8 Å². The van der Waals surface area contributed by atoms with E-state index in [4.69, 9.17) is 5.73 Å². The summed E-state index contributed by atoms with van der Waals surface area (Å²) in [5.74, 6) is 0.582. The van der Waals surface area contributed by atoms with E-state index in [-0.39, 0.29) is 11.0 Å². The van der Waals surface area contributed by atoms with Gasteiger partial charge in [0.15, 0.2) is 0 Å². The Morgan fingerprint density at radius 2 is 2.40 bits per heavy atom. The van der Waals surface area contributed by atoms with Crippen LogP contribution in [0.25, 0.3) is 0 Å². The summed E-state index contributed by atoms with van der Waals surface area (Å²) in [5.41, 5.74) is 5.71. The molecule has 1 fully saturated rings. The Balaban J connectivity index is 2.05. The first kappa shape index (κ1) is 10.6. The molecule has 6 heteroatoms. The van der Waals surface area contributed by atoms with Gasteiger partial charge in [-0.3, -0.25) is 4.79 Å². The number of rotatable bonds is 4. The van der Waals surface area contributed by atoms with Gasteiger partial charge in [-0.2, -0.15) is 0 Å². The number of H-pyrrole nitrogens is 1. The fraction of sp³-hybridized carbons (Fsp3) is 0.556. The van der Waals surface area contributed by atoms with Crippen molar-refractivity contribution in [3.05, 3.63) is 21.2 Å². The molecule has 1 aromatic heterocycles. The van der Waals surface area contributed by atoms with Crippen LogP contribution in [0.2, 0.25) is 0 Å². The molecule has 0 aromatic carbocycles. The molecular weight excluding hydrogens is 260 g/mol. The third kappa shape index (κ3) is 2.21. The third-order valence-electron chi connectivity index (χ3n) is 2.82. The van der Waals surface area contributed by atoms with E-state index < -0.39 is 0 Å². The normalized spacial score (nSPS) is 17.5. The Hall–Kier alpha value is -0.880. The van der Waals surface area contributed by atoms with E-state index in [0.717, 1.165) is 19.4 Å². The van der Waals surface area contributed by atoms with Gasteiger partial charge in [-0.05, 0) is 40.7 Å². The zero-order chi connectivity index (χ0) is 10.9. The Kier molecular flexibility index (Phi) is 2.79. The zero-order valence-electron chi connectivity index (χ0n) is 8.22. The lowest BCUT2D eigenvalue weighted by atomic mass is 10.1. The SMILES string of the molecule is NCC1(CNc2nc[nH]c(=O)c2Br)CC1. The van der Waals surface area contributed by atoms with Crippen molar-refractivity contribution < 1.29 is 0 Å². The molecule has 1 aliphatic rings. The van der Waals surface area contributed by atoms with Gasteiger partial charge in [0.2, 0.25) is 0 Å². The van der Waals surface area contributed by atoms with Gasteiger partial charge in [0.05, 0.1) is 6.33 Å². The minimum Gasteiger partial charge on any atom is -0.368 e. The summed E-state index contributed by atoms with van der Waals surface area (Å²) >= 11 is 3.19. The molecule has 4 N–H and O–H groups in total. The van der Waals surface area contributed by atoms with E-state index in [9.17, 15) is 4.79 Å². The summed E-state index contributed by atoms with van der Waals surface area (Å²) in [6.07, 6.45) is 3.69. The second kappa shape index (κ2) is 3.94. The molecule has 1 saturated carbocycles. The van der Waals surface area contributed by atoms with E-state index in [1.54, 1.807) is 0 Å². The second-order valence-corrected chi connectivity index (χ2v) is 4.74. The molecule has 0 bridgehead atoms. The van der Waals surface area contributed by atoms with Gasteiger partial charge < -0.3 is 16.0 Å². The number of halogens is 1. The lowest BCUT2D eigenvalue weighted by Crippen LogP contribution is -2.25. The molecule has 0 unspecified atom stereocenters. The minimum atomic E-state index is -0.176. The highest BCUT2D eigenvalue weighted by molar-refractivity contribution is 9.10. The molecule has 0 radical (unpaired) electrons. The van der Waals surface area contributed by atoms with Crippen LogP contribution in [-0.4, -0.2) is 23.1 Å². The fourth-order valence-electron chi connectivity index (χ4n) is 1.41. The lowest BCUT2D eigenvalue weighted by molar-refractivity contribution is 0.554. The first-order valence-electron chi connectivity index (χ1n) is 4.84. The fourth-order valence-corrected chi connectivity index (χ4v) is 1.76. The predicted molar refractivity (Wildman–Crippen MR) is 61.8 cm³/mol. The highest BCUT2D eigenvalue weighted by atomic mass is 79.9. The first-order valence-corrected chi connectivity index (χ1v) is 5.63. The average Bonchev–Trinajstić information content (AvgIpc) is 3.01. The molecule has 0 amide bonds. The van der Waals surface area contributed by atoms with Gasteiger partial charge in [-0.15, -0.1) is 0 Å². The quantitative estimate of drug-likeness (QED) is 0.753. The molecule has 0 saturated heterocycles. The van der Waals surface area contributed by atoms with Crippen LogP contribution in [0.4, 0.5) is 5.82 Å². The van der Waals surface area contributed by atoms with Crippen LogP contribution in [0.1, 0.15) is 12.8 Å². The van der Waals surface area contributed by atoms with Crippen LogP contribution in [0, 0.1) is 5.41 Å². The number of nitrogens with one attached hydrogen (secondary N) is 2. The largest absolute Gasteiger partial charge is 0.368 e. The van der Waals surface area contributed by atoms with Gasteiger partial charge in [-0.1, -0.05) is 0 Å². The molecule has 1 heterocycles. The summed E-state index contributed by atoms with van der Waals surface area (Å²) in [6.45, 7) is 1.46. The zero-order valence-corrected chi connectivity index (χ0v) is 9.80. The molecule has 0 atom stereocenters. The van der Waals surface area contributed by atoms with Crippen molar-refractivity contribution >= 4 is 21.7 Å². The molecule has 1 aromatic rings. The van der Waals surface area contributed by atoms with Crippen molar-refractivity contribution in [1.82, 2.24) is 9.97 Å². The third-order valence-corrected chi connectivity index (χ3v) is 3.55. The van der Waals surface area contributed by atoms with Gasteiger partial charge in [-0.25, -0.2) is 4.98 Å². The monoisotopic (exact) mass is 272 g/mol. The summed E-state index contributed by atoms with van der Waals surface area (Å²) < 4.78 is 0.442. The molecule has 82 valence electrons. The van der Waals surface area contributed by atoms with Crippen molar-refractivity contribution in [2.45, 2.75) is 12.8 Å². The summed E-state index contributed by atoms with van der Waals surface area (Å²) in [7, 11) is 0. The van der Waals surface area contributed by atoms with Crippen LogP contribution in [0.15, 0.2) is 15.6 Å². The van der Waals surface area contributed by atoms with Crippen LogP contribution < -0.4 is 16.6 Å². The highest BCUT2D eigenvalue weighted by Gasteiger charge is 2.40. The Labute approximate surface area is 95.6 Å². The molecule has 1 aliphatic carbocycles. The van der Waals surface area contributed by atoms with Gasteiger partial charge in [0, 0.05) is 6.54 Å². The van der Waals surface area contributed by atoms with E-state index in [0.29, 0.717) is 16.8 Å². The maximum Gasteiger partial charge on any atom is 0.267 e. The standard InChI is InChI=1S/C9H13BrN4O/c10-6-7(13-5-14-8(6)15)12-4-9(3-11)1-2-9/h5H,1-4,11H2,(H2,12,13,14,15). The smallest absolute Gasteiger partial charge is 0.267 e. The molecule has 0 aliphatic heterocycles. The number of nitrogens with zero attached hydrogens (tertiary/aromatic N) is 1. The number of aromatic nitrogens is 2. The van der Waals surface area contributed by atoms with Crippen molar-refractivity contribution in [1.29, 1.82) is 0 Å². The van der Waals surface area contributed by atoms with E-state index in [1.165, 1.54) is 6.33 Å². The van der Waals surface area contributed by atoms with Crippen LogP contribution in [0.5, 0.6) is 0 Å². The highest BCUT2D eigenvalue weighted by Crippen LogP contribution is 2.44. The summed E-state index contributed by atoms with van der Waals surface area (Å²) in [5, 5.41) is 3.15. The Morgan fingerprint density at radius 1 is 1.67 bits per heavy atom. The Morgan fingerprint density at radius 3 is 3.00 bits per heavy atom. The van der Waals surface area contributed by atoms with Gasteiger partial charge in [0.1, 0.15) is 10.3 Å². The number of anilines is 1. The number of hydrogen-bond acceptors (Lipinski definition) is 4. The van der Waals surface area contributed by atoms with E-state index >= 15 is 0 Å². The number of nitrogens with two attached hydrogens (primary N) is 1. The van der Waals surface area contributed by atoms with E-state index in [1.807, 2.05) is 0 Å². The molecule has 5 nitrogen and oxygen atoms in total. The van der Waals surface area contributed by atoms with Crippen LogP contribution >= 0.6 is 15.9 Å². The second-order valence-electron chi connectivity index (χ2n) is 3.95. The minimum absolute atomic E-state index is 0.176. The summed E-state index contributed by atoms with van der Waals surface area (Å²) in [6, 6.07) is 0. The summed E-state index contributed by atoms with van der Waals surface area (Å²) in [4.78, 5) is 17.8. The molecule has 15 heavy (non-hydrogen) atoms. The van der Waals surface area contributed by atoms with Gasteiger partial charge in [0.25, 0.3) is 5.56 Å². The first-order chi connectivity index (χ1) is 7.17. The number of aromatic amines is 1. The maximum absolute atomic E-state index is 11.2. The van der Waals surface area contributed by atoms with Gasteiger partial charge >= 0.3 is 0 Å². The maximum atomic E-state index is 11.2. The Bertz CT molecular complexity index is 413. The predicted octanol–water partition coefficient (Wildman–Crippen LogP) is 0.683. The van der Waals surface area contributed by atoms with Crippen molar-refractivity contribution in [3.8, 4) is 0 Å². The van der Waals surface area contributed by atoms with E-state index in [2.05, 4.69) is 31.2 Å². The molecule has 0 spiro atoms. The van der Waals surface area contributed by atoms with Crippen LogP contribution in [0.3, 0.4) is 0 Å². The van der Waals surface area contributed by atoms with Crippen molar-refractivity contribution in [3.63, 3.8) is 0 Å². The molecular formula is C9H13BrN4O. The average molecular weight is 273 g/mol. The molecule has 2 rings (SSSR count). The van der Waals surface area contributed by atoms with Crippen LogP contribution in [-0.2, 0) is 0 Å². The van der Waals surface area contributed by atoms with Crippen molar-refractivity contribution in [2.24, 2.45) is 11.1 Å².